The third-order valence-electron chi connectivity index (χ3n) is 2.91. The summed E-state index contributed by atoms with van der Waals surface area (Å²) in [5.41, 5.74) is 3.68. The van der Waals surface area contributed by atoms with Crippen LogP contribution in [-0.2, 0) is 5.41 Å². The Morgan fingerprint density at radius 3 is 2.12 bits per heavy atom. The fourth-order valence-electron chi connectivity index (χ4n) is 1.64. The van der Waals surface area contributed by atoms with Gasteiger partial charge in [0.15, 0.2) is 0 Å². The summed E-state index contributed by atoms with van der Waals surface area (Å²) >= 11 is 0. The Bertz CT molecular complexity index is 408. The van der Waals surface area contributed by atoms with E-state index < -0.39 is 0 Å². The van der Waals surface area contributed by atoms with Crippen LogP contribution in [0.15, 0.2) is 48.6 Å². The lowest BCUT2D eigenvalue weighted by Gasteiger charge is -2.22. The Hall–Kier alpha value is -1.50. The molecule has 0 amide bonds. The van der Waals surface area contributed by atoms with Gasteiger partial charge in [0.1, 0.15) is 0 Å². The zero-order valence-corrected chi connectivity index (χ0v) is 11.6. The Morgan fingerprint density at radius 1 is 1.18 bits per heavy atom. The van der Waals surface area contributed by atoms with Gasteiger partial charge in [-0.05, 0) is 24.6 Å². The van der Waals surface area contributed by atoms with Crippen LogP contribution in [0.5, 0.6) is 0 Å². The van der Waals surface area contributed by atoms with Crippen LogP contribution >= 0.6 is 0 Å². The average Bonchev–Trinajstić information content (AvgIpc) is 2.27. The van der Waals surface area contributed by atoms with Crippen LogP contribution < -0.4 is 4.90 Å². The Balaban J connectivity index is 2.95. The van der Waals surface area contributed by atoms with Gasteiger partial charge < -0.3 is 4.90 Å². The topological polar surface area (TPSA) is 3.24 Å². The van der Waals surface area contributed by atoms with Crippen molar-refractivity contribution in [1.29, 1.82) is 0 Å². The third kappa shape index (κ3) is 3.77. The van der Waals surface area contributed by atoms with Gasteiger partial charge in [0.2, 0.25) is 0 Å². The first-order valence-electron chi connectivity index (χ1n) is 5.95. The minimum atomic E-state index is 0.0454. The van der Waals surface area contributed by atoms with E-state index in [2.05, 4.69) is 75.8 Å². The van der Waals surface area contributed by atoms with Crippen LogP contribution in [0.1, 0.15) is 26.3 Å². The maximum Gasteiger partial charge on any atom is 0.0361 e. The molecule has 1 aromatic rings. The molecular weight excluding hydrogens is 206 g/mol. The van der Waals surface area contributed by atoms with Gasteiger partial charge in [-0.15, -0.1) is 0 Å². The van der Waals surface area contributed by atoms with Crippen molar-refractivity contribution in [3.8, 4) is 0 Å². The van der Waals surface area contributed by atoms with Gasteiger partial charge in [-0.1, -0.05) is 50.3 Å². The van der Waals surface area contributed by atoms with Crippen LogP contribution in [0, 0.1) is 0 Å². The molecule has 92 valence electrons. The summed E-state index contributed by atoms with van der Waals surface area (Å²) in [5.74, 6) is 0. The van der Waals surface area contributed by atoms with Crippen molar-refractivity contribution >= 4 is 5.69 Å². The molecule has 0 aliphatic carbocycles. The quantitative estimate of drug-likeness (QED) is 0.701. The maximum absolute atomic E-state index is 3.90. The molecule has 0 aliphatic heterocycles. The van der Waals surface area contributed by atoms with Crippen LogP contribution in [0.3, 0.4) is 0 Å². The lowest BCUT2D eigenvalue weighted by atomic mass is 9.84. The molecule has 1 aromatic carbocycles. The summed E-state index contributed by atoms with van der Waals surface area (Å²) in [6.07, 6.45) is 4.29. The first-order chi connectivity index (χ1) is 7.83. The molecule has 0 atom stereocenters. The standard InChI is InChI=1S/C16H23N/c1-13(2)11-12-16(3,4)14-7-9-15(10-8-14)17(5)6/h7-12H,1H2,2-6H3/b12-11+. The summed E-state index contributed by atoms with van der Waals surface area (Å²) in [7, 11) is 4.11. The number of allylic oxidation sites excluding steroid dienone is 3. The van der Waals surface area contributed by atoms with Gasteiger partial charge in [-0.25, -0.2) is 0 Å². The van der Waals surface area contributed by atoms with E-state index in [0.717, 1.165) is 5.57 Å². The van der Waals surface area contributed by atoms with E-state index in [1.165, 1.54) is 11.3 Å². The minimum Gasteiger partial charge on any atom is -0.378 e. The summed E-state index contributed by atoms with van der Waals surface area (Å²) in [6, 6.07) is 8.70. The molecule has 0 N–H and O–H groups in total. The molecule has 0 saturated carbocycles. The monoisotopic (exact) mass is 229 g/mol. The highest BCUT2D eigenvalue weighted by molar-refractivity contribution is 5.48. The Labute approximate surface area is 105 Å². The van der Waals surface area contributed by atoms with Crippen molar-refractivity contribution in [3.63, 3.8) is 0 Å². The Kier molecular flexibility index (Phi) is 4.17. The van der Waals surface area contributed by atoms with Gasteiger partial charge in [0.05, 0.1) is 0 Å². The zero-order valence-electron chi connectivity index (χ0n) is 11.6. The SMILES string of the molecule is C=C(C)/C=C/C(C)(C)c1ccc(N(C)C)cc1. The number of rotatable bonds is 4. The van der Waals surface area contributed by atoms with Crippen molar-refractivity contribution < 1.29 is 0 Å². The van der Waals surface area contributed by atoms with Crippen LogP contribution in [-0.4, -0.2) is 14.1 Å². The van der Waals surface area contributed by atoms with Gasteiger partial charge in [0, 0.05) is 25.2 Å². The second-order valence-corrected chi connectivity index (χ2v) is 5.34. The highest BCUT2D eigenvalue weighted by Crippen LogP contribution is 2.26. The summed E-state index contributed by atoms with van der Waals surface area (Å²) in [4.78, 5) is 2.11. The molecule has 1 heteroatoms. The molecule has 0 unspecified atom stereocenters. The number of nitrogens with zero attached hydrogens (tertiary/aromatic N) is 1. The van der Waals surface area contributed by atoms with E-state index in [1.54, 1.807) is 0 Å². The number of hydrogen-bond donors (Lipinski definition) is 0. The largest absolute Gasteiger partial charge is 0.378 e. The predicted octanol–water partition coefficient (Wildman–Crippen LogP) is 4.16. The fraction of sp³-hybridized carbons (Fsp3) is 0.375. The second-order valence-electron chi connectivity index (χ2n) is 5.34. The van der Waals surface area contributed by atoms with E-state index >= 15 is 0 Å². The van der Waals surface area contributed by atoms with Gasteiger partial charge in [0.25, 0.3) is 0 Å². The van der Waals surface area contributed by atoms with E-state index in [1.807, 2.05) is 6.92 Å². The van der Waals surface area contributed by atoms with E-state index in [4.69, 9.17) is 0 Å². The van der Waals surface area contributed by atoms with Crippen molar-refractivity contribution in [2.24, 2.45) is 0 Å². The van der Waals surface area contributed by atoms with E-state index in [-0.39, 0.29) is 5.41 Å². The number of benzene rings is 1. The maximum atomic E-state index is 3.90. The molecule has 17 heavy (non-hydrogen) atoms. The second kappa shape index (κ2) is 5.22. The molecule has 1 nitrogen and oxygen atoms in total. The minimum absolute atomic E-state index is 0.0454. The lowest BCUT2D eigenvalue weighted by molar-refractivity contribution is 0.669. The fourth-order valence-corrected chi connectivity index (χ4v) is 1.64. The molecule has 0 spiro atoms. The van der Waals surface area contributed by atoms with Crippen LogP contribution in [0.2, 0.25) is 0 Å². The first-order valence-corrected chi connectivity index (χ1v) is 5.95. The molecular formula is C16H23N. The molecule has 0 aliphatic rings. The summed E-state index contributed by atoms with van der Waals surface area (Å²) in [6.45, 7) is 10.4. The highest BCUT2D eigenvalue weighted by Gasteiger charge is 2.16. The van der Waals surface area contributed by atoms with Crippen molar-refractivity contribution in [3.05, 3.63) is 54.1 Å². The zero-order chi connectivity index (χ0) is 13.1. The normalized spacial score (nSPS) is 11.8. The highest BCUT2D eigenvalue weighted by atomic mass is 15.1. The van der Waals surface area contributed by atoms with Gasteiger partial charge >= 0.3 is 0 Å². The van der Waals surface area contributed by atoms with Crippen molar-refractivity contribution in [2.75, 3.05) is 19.0 Å². The third-order valence-corrected chi connectivity index (χ3v) is 2.91. The molecule has 0 heterocycles. The predicted molar refractivity (Wildman–Crippen MR) is 77.7 cm³/mol. The van der Waals surface area contributed by atoms with Crippen molar-refractivity contribution in [1.82, 2.24) is 0 Å². The molecule has 0 bridgehead atoms. The lowest BCUT2D eigenvalue weighted by Crippen LogP contribution is -2.14. The number of anilines is 1. The molecule has 0 aromatic heterocycles. The first kappa shape index (κ1) is 13.6. The summed E-state index contributed by atoms with van der Waals surface area (Å²) < 4.78 is 0. The van der Waals surface area contributed by atoms with Crippen molar-refractivity contribution in [2.45, 2.75) is 26.2 Å². The molecule has 0 radical (unpaired) electrons. The van der Waals surface area contributed by atoms with E-state index in [9.17, 15) is 0 Å². The Morgan fingerprint density at radius 2 is 1.71 bits per heavy atom. The van der Waals surface area contributed by atoms with Gasteiger partial charge in [-0.2, -0.15) is 0 Å². The number of hydrogen-bond acceptors (Lipinski definition) is 1. The smallest absolute Gasteiger partial charge is 0.0361 e. The average molecular weight is 229 g/mol. The summed E-state index contributed by atoms with van der Waals surface area (Å²) in [5, 5.41) is 0. The molecule has 0 fully saturated rings. The molecule has 0 saturated heterocycles. The van der Waals surface area contributed by atoms with Crippen LogP contribution in [0.4, 0.5) is 5.69 Å². The van der Waals surface area contributed by atoms with Crippen LogP contribution in [0.25, 0.3) is 0 Å². The van der Waals surface area contributed by atoms with E-state index in [0.29, 0.717) is 0 Å². The van der Waals surface area contributed by atoms with Gasteiger partial charge in [-0.3, -0.25) is 0 Å². The molecule has 1 rings (SSSR count).